The zero-order chi connectivity index (χ0) is 19.5. The van der Waals surface area contributed by atoms with Gasteiger partial charge in [-0.05, 0) is 48.2 Å². The van der Waals surface area contributed by atoms with Crippen molar-refractivity contribution in [2.75, 3.05) is 17.2 Å². The smallest absolute Gasteiger partial charge is 0.341 e. The van der Waals surface area contributed by atoms with Crippen molar-refractivity contribution >= 4 is 65.5 Å². The van der Waals surface area contributed by atoms with E-state index in [2.05, 4.69) is 25.6 Å². The molecule has 1 aromatic carbocycles. The van der Waals surface area contributed by atoms with Gasteiger partial charge in [0.2, 0.25) is 5.95 Å². The van der Waals surface area contributed by atoms with Crippen LogP contribution in [0.25, 0.3) is 0 Å². The van der Waals surface area contributed by atoms with Gasteiger partial charge in [-0.2, -0.15) is 4.98 Å². The van der Waals surface area contributed by atoms with Gasteiger partial charge in [0.05, 0.1) is 18.1 Å². The number of hydrogen-bond donors (Lipinski definition) is 3. The molecule has 11 heteroatoms. The van der Waals surface area contributed by atoms with Crippen LogP contribution in [0.5, 0.6) is 5.75 Å². The molecule has 0 atom stereocenters. The molecule has 6 bridgehead atoms. The van der Waals surface area contributed by atoms with Gasteiger partial charge < -0.3 is 20.5 Å². The third-order valence-corrected chi connectivity index (χ3v) is 4.43. The average Bonchev–Trinajstić information content (AvgIpc) is 2.68. The van der Waals surface area contributed by atoms with Gasteiger partial charge in [0.15, 0.2) is 12.4 Å². The highest BCUT2D eigenvalue weighted by atomic mass is 35.5. The predicted molar refractivity (Wildman–Crippen MR) is 119 cm³/mol. The number of ether oxygens (including phenoxy) is 1. The Hall–Kier alpha value is -2.81. The number of aliphatic carboxylic acids is 1. The molecular weight excluding hydrogens is 453 g/mol. The number of nitrogens with zero attached hydrogens (tertiary/aromatic N) is 3. The Balaban J connectivity index is 0.00000160. The van der Waals surface area contributed by atoms with Gasteiger partial charge in [0.25, 0.3) is 0 Å². The van der Waals surface area contributed by atoms with E-state index in [1.807, 2.05) is 12.1 Å². The molecule has 1 aliphatic heterocycles. The lowest BCUT2D eigenvalue weighted by Crippen LogP contribution is -2.11. The first-order valence-corrected chi connectivity index (χ1v) is 8.92. The first kappa shape index (κ1) is 23.5. The van der Waals surface area contributed by atoms with Crippen molar-refractivity contribution in [2.24, 2.45) is 0 Å². The number of hydrogen-bond acceptors (Lipinski definition) is 7. The summed E-state index contributed by atoms with van der Waals surface area (Å²) >= 11 is 6.23. The number of pyridine rings is 1. The summed E-state index contributed by atoms with van der Waals surface area (Å²) in [6.07, 6.45) is 6.34. The highest BCUT2D eigenvalue weighted by Crippen LogP contribution is 2.30. The number of carbonyl (C=O) groups is 1. The topological polar surface area (TPSA) is 109 Å². The van der Waals surface area contributed by atoms with Gasteiger partial charge in [-0.1, -0.05) is 11.6 Å². The van der Waals surface area contributed by atoms with E-state index in [0.29, 0.717) is 35.4 Å². The van der Waals surface area contributed by atoms with Gasteiger partial charge in [0.1, 0.15) is 10.8 Å². The van der Waals surface area contributed by atoms with Crippen molar-refractivity contribution in [3.8, 4) is 5.75 Å². The van der Waals surface area contributed by atoms with Crippen LogP contribution in [0, 0.1) is 0 Å². The number of carboxylic acid groups (broad SMARTS) is 1. The van der Waals surface area contributed by atoms with E-state index in [9.17, 15) is 4.79 Å². The lowest BCUT2D eigenvalue weighted by Gasteiger charge is -2.13. The van der Waals surface area contributed by atoms with Gasteiger partial charge in [-0.3, -0.25) is 4.98 Å². The zero-order valence-corrected chi connectivity index (χ0v) is 17.9. The van der Waals surface area contributed by atoms with Crippen molar-refractivity contribution in [2.45, 2.75) is 12.8 Å². The van der Waals surface area contributed by atoms with Crippen molar-refractivity contribution in [3.05, 3.63) is 59.0 Å². The van der Waals surface area contributed by atoms with E-state index < -0.39 is 12.6 Å². The summed E-state index contributed by atoms with van der Waals surface area (Å²) in [5, 5.41) is 15.6. The third kappa shape index (κ3) is 5.63. The number of halogens is 3. The average molecular weight is 471 g/mol. The molecule has 4 rings (SSSR count). The number of rotatable bonds is 3. The van der Waals surface area contributed by atoms with Crippen molar-refractivity contribution < 1.29 is 14.6 Å². The Morgan fingerprint density at radius 3 is 2.73 bits per heavy atom. The minimum atomic E-state index is -1.03. The molecule has 0 aliphatic carbocycles. The Morgan fingerprint density at radius 2 is 1.93 bits per heavy atom. The Labute approximate surface area is 189 Å². The molecule has 0 spiro atoms. The molecule has 30 heavy (non-hydrogen) atoms. The molecular formula is C19H18Cl3N5O3. The molecule has 1 aliphatic rings. The normalized spacial score (nSPS) is 11.6. The molecule has 0 radical (unpaired) electrons. The highest BCUT2D eigenvalue weighted by molar-refractivity contribution is 6.32. The van der Waals surface area contributed by atoms with Crippen LogP contribution >= 0.6 is 36.4 Å². The van der Waals surface area contributed by atoms with Crippen LogP contribution in [-0.4, -0.2) is 32.6 Å². The second-order valence-electron chi connectivity index (χ2n) is 6.23. The van der Waals surface area contributed by atoms with Gasteiger partial charge in [0, 0.05) is 11.9 Å². The number of aryl methyl sites for hydroxylation is 2. The van der Waals surface area contributed by atoms with E-state index in [1.165, 1.54) is 6.20 Å². The van der Waals surface area contributed by atoms with E-state index in [1.54, 1.807) is 24.5 Å². The van der Waals surface area contributed by atoms with Gasteiger partial charge >= 0.3 is 5.97 Å². The molecule has 3 aromatic rings. The summed E-state index contributed by atoms with van der Waals surface area (Å²) in [4.78, 5) is 23.8. The maximum absolute atomic E-state index is 10.9. The maximum Gasteiger partial charge on any atom is 0.341 e. The van der Waals surface area contributed by atoms with Crippen LogP contribution in [0.2, 0.25) is 5.02 Å². The molecule has 0 unspecified atom stereocenters. The number of aromatic nitrogens is 3. The third-order valence-electron chi connectivity index (χ3n) is 4.15. The second-order valence-corrected chi connectivity index (χ2v) is 6.63. The van der Waals surface area contributed by atoms with Gasteiger partial charge in [-0.15, -0.1) is 24.8 Å². The summed E-state index contributed by atoms with van der Waals surface area (Å²) in [5.74, 6) is 0.348. The fraction of sp³-hybridized carbons (Fsp3) is 0.158. The zero-order valence-electron chi connectivity index (χ0n) is 15.5. The van der Waals surface area contributed by atoms with E-state index in [0.717, 1.165) is 22.5 Å². The monoisotopic (exact) mass is 469 g/mol. The summed E-state index contributed by atoms with van der Waals surface area (Å²) in [6.45, 7) is -0.401. The number of carboxylic acids is 1. The van der Waals surface area contributed by atoms with Crippen LogP contribution in [-0.2, 0) is 17.6 Å². The van der Waals surface area contributed by atoms with Crippen molar-refractivity contribution in [1.29, 1.82) is 0 Å². The van der Waals surface area contributed by atoms with E-state index >= 15 is 0 Å². The lowest BCUT2D eigenvalue weighted by molar-refractivity contribution is -0.139. The fourth-order valence-electron chi connectivity index (χ4n) is 2.89. The standard InChI is InChI=1S/C19H16ClN5O3.2ClH/c20-15-9-22-19-24-14-5-11(7-21-8-14)1-2-12-6-13(23-18(15)25-19)3-4-16(12)28-10-17(26)27;;/h3-9H,1-2,10H2,(H,26,27)(H2,22,23,24,25);2*1H. The number of anilines is 4. The van der Waals surface area contributed by atoms with Gasteiger partial charge in [-0.25, -0.2) is 9.78 Å². The Morgan fingerprint density at radius 1 is 1.10 bits per heavy atom. The van der Waals surface area contributed by atoms with Crippen LogP contribution in [0.1, 0.15) is 11.1 Å². The number of nitrogens with one attached hydrogen (secondary N) is 2. The molecule has 158 valence electrons. The summed E-state index contributed by atoms with van der Waals surface area (Å²) < 4.78 is 5.44. The highest BCUT2D eigenvalue weighted by Gasteiger charge is 2.12. The first-order valence-electron chi connectivity index (χ1n) is 8.55. The molecule has 0 amide bonds. The Kier molecular flexibility index (Phi) is 8.05. The number of benzene rings is 1. The first-order chi connectivity index (χ1) is 13.6. The summed E-state index contributed by atoms with van der Waals surface area (Å²) in [5.41, 5.74) is 3.41. The quantitative estimate of drug-likeness (QED) is 0.516. The molecule has 0 fully saturated rings. The van der Waals surface area contributed by atoms with Crippen LogP contribution in [0.4, 0.5) is 23.1 Å². The molecule has 3 heterocycles. The molecule has 0 saturated carbocycles. The lowest BCUT2D eigenvalue weighted by atomic mass is 10.0. The number of fused-ring (bicyclic) bond motifs is 6. The molecule has 2 aromatic heterocycles. The van der Waals surface area contributed by atoms with Crippen molar-refractivity contribution in [3.63, 3.8) is 0 Å². The fourth-order valence-corrected chi connectivity index (χ4v) is 3.02. The largest absolute Gasteiger partial charge is 0.482 e. The second kappa shape index (κ2) is 10.3. The summed E-state index contributed by atoms with van der Waals surface area (Å²) in [7, 11) is 0. The van der Waals surface area contributed by atoms with Crippen molar-refractivity contribution in [1.82, 2.24) is 15.0 Å². The van der Waals surface area contributed by atoms with E-state index in [-0.39, 0.29) is 24.8 Å². The van der Waals surface area contributed by atoms with Crippen LogP contribution in [0.3, 0.4) is 0 Å². The van der Waals surface area contributed by atoms with Crippen LogP contribution in [0.15, 0.2) is 42.9 Å². The Bertz CT molecular complexity index is 1050. The minimum absolute atomic E-state index is 0. The minimum Gasteiger partial charge on any atom is -0.482 e. The van der Waals surface area contributed by atoms with E-state index in [4.69, 9.17) is 21.4 Å². The molecule has 3 N–H and O–H groups in total. The molecule has 0 saturated heterocycles. The van der Waals surface area contributed by atoms with Crippen LogP contribution < -0.4 is 15.4 Å². The SMILES string of the molecule is Cl.Cl.O=C(O)COc1ccc2cc1CCc1cncc(c1)Nc1ncc(Cl)c(n1)N2. The molecule has 8 nitrogen and oxygen atoms in total. The predicted octanol–water partition coefficient (Wildman–Crippen LogP) is 4.42. The maximum atomic E-state index is 10.9. The summed E-state index contributed by atoms with van der Waals surface area (Å²) in [6, 6.07) is 7.39.